The van der Waals surface area contributed by atoms with Gasteiger partial charge in [0, 0.05) is 55.5 Å². The van der Waals surface area contributed by atoms with E-state index >= 15 is 0 Å². The Hall–Kier alpha value is -2.91. The van der Waals surface area contributed by atoms with Crippen LogP contribution in [0.5, 0.6) is 0 Å². The predicted octanol–water partition coefficient (Wildman–Crippen LogP) is 2.32. The summed E-state index contributed by atoms with van der Waals surface area (Å²) in [5, 5.41) is 0.530. The third kappa shape index (κ3) is 4.95. The average molecular weight is 486 g/mol. The number of benzene rings is 1. The fourth-order valence-corrected chi connectivity index (χ4v) is 5.29. The summed E-state index contributed by atoms with van der Waals surface area (Å²) in [6.45, 7) is 8.09. The van der Waals surface area contributed by atoms with Crippen LogP contribution in [0.3, 0.4) is 0 Å². The summed E-state index contributed by atoms with van der Waals surface area (Å²) >= 11 is 5.98. The maximum atomic E-state index is 13.0. The monoisotopic (exact) mass is 485 g/mol. The highest BCUT2D eigenvalue weighted by molar-refractivity contribution is 6.31. The van der Waals surface area contributed by atoms with Gasteiger partial charge >= 0.3 is 0 Å². The van der Waals surface area contributed by atoms with Gasteiger partial charge in [-0.3, -0.25) is 14.5 Å². The minimum Gasteiger partial charge on any atom is -0.398 e. The molecule has 0 aliphatic carbocycles. The van der Waals surface area contributed by atoms with E-state index < -0.39 is 5.91 Å². The molecule has 34 heavy (non-hydrogen) atoms. The molecule has 1 aromatic carbocycles. The van der Waals surface area contributed by atoms with E-state index in [0.29, 0.717) is 47.1 Å². The first-order valence-corrected chi connectivity index (χ1v) is 12.1. The number of aromatic nitrogens is 2. The smallest absolute Gasteiger partial charge is 0.268 e. The average Bonchev–Trinajstić information content (AvgIpc) is 2.83. The van der Waals surface area contributed by atoms with E-state index in [9.17, 15) is 9.59 Å². The summed E-state index contributed by atoms with van der Waals surface area (Å²) in [6, 6.07) is 5.85. The van der Waals surface area contributed by atoms with Crippen LogP contribution in [-0.4, -0.2) is 76.4 Å². The molecule has 2 amide bonds. The molecule has 1 aromatic heterocycles. The number of likely N-dealkylation sites (tertiary alicyclic amines) is 1. The van der Waals surface area contributed by atoms with Gasteiger partial charge in [0.25, 0.3) is 11.8 Å². The third-order valence-corrected chi connectivity index (χ3v) is 7.17. The van der Waals surface area contributed by atoms with Gasteiger partial charge in [-0.25, -0.2) is 9.97 Å². The summed E-state index contributed by atoms with van der Waals surface area (Å²) in [5.74, 6) is 0.212. The number of carbonyl (C=O) groups is 2. The molecule has 3 heterocycles. The van der Waals surface area contributed by atoms with Crippen LogP contribution in [0.1, 0.15) is 52.7 Å². The molecule has 1 atom stereocenters. The second-order valence-corrected chi connectivity index (χ2v) is 9.47. The van der Waals surface area contributed by atoms with E-state index in [1.54, 1.807) is 18.2 Å². The third-order valence-electron chi connectivity index (χ3n) is 6.94. The molecule has 4 rings (SSSR count). The van der Waals surface area contributed by atoms with Crippen molar-refractivity contribution in [2.75, 3.05) is 43.4 Å². The molecule has 0 radical (unpaired) electrons. The van der Waals surface area contributed by atoms with Crippen molar-refractivity contribution in [3.63, 3.8) is 0 Å². The normalized spacial score (nSPS) is 19.9. The van der Waals surface area contributed by atoms with Gasteiger partial charge in [0.2, 0.25) is 0 Å². The van der Waals surface area contributed by atoms with Crippen molar-refractivity contribution in [1.82, 2.24) is 19.8 Å². The molecule has 182 valence electrons. The van der Waals surface area contributed by atoms with Gasteiger partial charge in [-0.05, 0) is 44.4 Å². The van der Waals surface area contributed by atoms with Gasteiger partial charge < -0.3 is 21.3 Å². The lowest BCUT2D eigenvalue weighted by molar-refractivity contribution is 0.0491. The highest BCUT2D eigenvalue weighted by Gasteiger charge is 2.35. The molecule has 10 heteroatoms. The molecule has 0 bridgehead atoms. The van der Waals surface area contributed by atoms with Crippen LogP contribution in [-0.2, 0) is 0 Å². The van der Waals surface area contributed by atoms with Gasteiger partial charge in [-0.1, -0.05) is 18.5 Å². The van der Waals surface area contributed by atoms with Crippen LogP contribution < -0.4 is 16.4 Å². The van der Waals surface area contributed by atoms with Crippen LogP contribution in [0.15, 0.2) is 24.4 Å². The summed E-state index contributed by atoms with van der Waals surface area (Å²) in [5.41, 5.74) is 13.2. The molecule has 0 spiro atoms. The van der Waals surface area contributed by atoms with Crippen molar-refractivity contribution in [3.05, 3.63) is 46.4 Å². The molecule has 2 aliphatic heterocycles. The van der Waals surface area contributed by atoms with Crippen LogP contribution in [0, 0.1) is 6.92 Å². The van der Waals surface area contributed by atoms with E-state index in [-0.39, 0.29) is 11.6 Å². The Morgan fingerprint density at radius 2 is 1.91 bits per heavy atom. The first-order chi connectivity index (χ1) is 16.3. The number of amides is 2. The number of primary amides is 1. The highest BCUT2D eigenvalue weighted by Crippen LogP contribution is 2.28. The van der Waals surface area contributed by atoms with Crippen molar-refractivity contribution >= 4 is 34.9 Å². The van der Waals surface area contributed by atoms with E-state index in [4.69, 9.17) is 23.1 Å². The number of hydrogen-bond donors (Lipinski definition) is 2. The first kappa shape index (κ1) is 24.2. The standard InChI is InChI=1S/C24H32ClN7O2/c1-3-17-14-31(23-15(2)29-21(13-28-23)22(27)33)10-11-32(17)18-6-8-30(9-7-18)24(34)19-5-4-16(25)12-20(19)26/h4-5,12-13,17-18H,3,6-11,14,26H2,1-2H3,(H2,27,33)/t17-/m0/s1. The van der Waals surface area contributed by atoms with Gasteiger partial charge in [-0.2, -0.15) is 0 Å². The number of hydrogen-bond acceptors (Lipinski definition) is 7. The van der Waals surface area contributed by atoms with Crippen molar-refractivity contribution in [2.24, 2.45) is 5.73 Å². The minimum absolute atomic E-state index is 0.0297. The molecule has 2 aromatic rings. The number of carbonyl (C=O) groups excluding carboxylic acids is 2. The number of nitrogens with two attached hydrogens (primary N) is 2. The number of rotatable bonds is 5. The quantitative estimate of drug-likeness (QED) is 0.623. The van der Waals surface area contributed by atoms with E-state index in [0.717, 1.165) is 44.7 Å². The zero-order chi connectivity index (χ0) is 24.4. The van der Waals surface area contributed by atoms with Crippen LogP contribution >= 0.6 is 11.6 Å². The second kappa shape index (κ2) is 10.1. The molecular formula is C24H32ClN7O2. The van der Waals surface area contributed by atoms with Crippen molar-refractivity contribution in [3.8, 4) is 0 Å². The molecular weight excluding hydrogens is 454 g/mol. The molecule has 0 unspecified atom stereocenters. The number of anilines is 2. The summed E-state index contributed by atoms with van der Waals surface area (Å²) < 4.78 is 0. The van der Waals surface area contributed by atoms with E-state index in [1.807, 2.05) is 11.8 Å². The van der Waals surface area contributed by atoms with Crippen molar-refractivity contribution in [1.29, 1.82) is 0 Å². The Bertz CT molecular complexity index is 1070. The Labute approximate surface area is 205 Å². The highest BCUT2D eigenvalue weighted by atomic mass is 35.5. The Morgan fingerprint density at radius 1 is 1.18 bits per heavy atom. The lowest BCUT2D eigenvalue weighted by Crippen LogP contribution is -2.59. The van der Waals surface area contributed by atoms with E-state index in [2.05, 4.69) is 26.7 Å². The molecule has 2 fully saturated rings. The number of piperazine rings is 1. The van der Waals surface area contributed by atoms with Crippen molar-refractivity contribution < 1.29 is 9.59 Å². The van der Waals surface area contributed by atoms with Crippen LogP contribution in [0.4, 0.5) is 11.5 Å². The maximum absolute atomic E-state index is 13.0. The Balaban J connectivity index is 1.38. The minimum atomic E-state index is -0.568. The number of nitrogen functional groups attached to an aromatic ring is 1. The Morgan fingerprint density at radius 3 is 2.53 bits per heavy atom. The van der Waals surface area contributed by atoms with Crippen molar-refractivity contribution in [2.45, 2.75) is 45.2 Å². The van der Waals surface area contributed by atoms with Gasteiger partial charge in [0.05, 0.1) is 17.5 Å². The lowest BCUT2D eigenvalue weighted by atomic mass is 9.97. The summed E-state index contributed by atoms with van der Waals surface area (Å²) in [7, 11) is 0. The molecule has 0 saturated carbocycles. The molecule has 2 saturated heterocycles. The lowest BCUT2D eigenvalue weighted by Gasteiger charge is -2.47. The number of piperidine rings is 1. The Kier molecular flexibility index (Phi) is 7.23. The largest absolute Gasteiger partial charge is 0.398 e. The number of aryl methyl sites for hydroxylation is 1. The van der Waals surface area contributed by atoms with E-state index in [1.165, 1.54) is 6.20 Å². The predicted molar refractivity (Wildman–Crippen MR) is 133 cm³/mol. The van der Waals surface area contributed by atoms with Gasteiger partial charge in [-0.15, -0.1) is 0 Å². The summed E-state index contributed by atoms with van der Waals surface area (Å²) in [6.07, 6.45) is 4.34. The topological polar surface area (TPSA) is 122 Å². The fourth-order valence-electron chi connectivity index (χ4n) is 5.11. The maximum Gasteiger partial charge on any atom is 0.268 e. The van der Waals surface area contributed by atoms with Gasteiger partial charge in [0.1, 0.15) is 11.5 Å². The molecule has 2 aliphatic rings. The number of halogens is 1. The first-order valence-electron chi connectivity index (χ1n) is 11.8. The van der Waals surface area contributed by atoms with Crippen LogP contribution in [0.25, 0.3) is 0 Å². The second-order valence-electron chi connectivity index (χ2n) is 9.03. The van der Waals surface area contributed by atoms with Gasteiger partial charge in [0.15, 0.2) is 0 Å². The fraction of sp³-hybridized carbons (Fsp3) is 0.500. The van der Waals surface area contributed by atoms with Crippen LogP contribution in [0.2, 0.25) is 5.02 Å². The number of nitrogens with zero attached hydrogens (tertiary/aromatic N) is 5. The molecule has 4 N–H and O–H groups in total. The molecule has 9 nitrogen and oxygen atoms in total. The zero-order valence-electron chi connectivity index (χ0n) is 19.7. The zero-order valence-corrected chi connectivity index (χ0v) is 20.5. The summed E-state index contributed by atoms with van der Waals surface area (Å²) in [4.78, 5) is 39.9. The SMILES string of the molecule is CC[C@H]1CN(c2ncc(C(N)=O)nc2C)CCN1C1CCN(C(=O)c2ccc(Cl)cc2N)CC1.